The Bertz CT molecular complexity index is 1410. The molecule has 0 saturated heterocycles. The summed E-state index contributed by atoms with van der Waals surface area (Å²) in [4.78, 5) is 15.9. The minimum atomic E-state index is -0.507. The second-order valence-electron chi connectivity index (χ2n) is 6.99. The van der Waals surface area contributed by atoms with Crippen LogP contribution >= 0.6 is 11.6 Å². The van der Waals surface area contributed by atoms with E-state index in [1.165, 1.54) is 0 Å². The van der Waals surface area contributed by atoms with Gasteiger partial charge in [-0.15, -0.1) is 0 Å². The summed E-state index contributed by atoms with van der Waals surface area (Å²) < 4.78 is 5.74. The number of nitrogens with two attached hydrogens (primary N) is 1. The highest BCUT2D eigenvalue weighted by Crippen LogP contribution is 2.30. The Kier molecular flexibility index (Phi) is 4.18. The first-order valence-electron chi connectivity index (χ1n) is 9.24. The summed E-state index contributed by atoms with van der Waals surface area (Å²) in [5.41, 5.74) is 10.3. The van der Waals surface area contributed by atoms with Crippen LogP contribution in [0.4, 0.5) is 0 Å². The molecule has 0 aliphatic heterocycles. The van der Waals surface area contributed by atoms with Gasteiger partial charge in [-0.25, -0.2) is 4.98 Å². The van der Waals surface area contributed by atoms with Gasteiger partial charge in [0.15, 0.2) is 0 Å². The summed E-state index contributed by atoms with van der Waals surface area (Å²) in [7, 11) is 1.88. The van der Waals surface area contributed by atoms with Crippen LogP contribution in [0.2, 0.25) is 5.02 Å². The van der Waals surface area contributed by atoms with Gasteiger partial charge in [-0.1, -0.05) is 17.7 Å². The lowest BCUT2D eigenvalue weighted by molar-refractivity contribution is 0.100. The molecule has 2 N–H and O–H groups in total. The number of rotatable bonds is 4. The topological polar surface area (TPSA) is 83.7 Å². The van der Waals surface area contributed by atoms with Gasteiger partial charge in [0, 0.05) is 42.2 Å². The van der Waals surface area contributed by atoms with Crippen LogP contribution < -0.4 is 5.73 Å². The summed E-state index contributed by atoms with van der Waals surface area (Å²) in [6.45, 7) is 0. The highest BCUT2D eigenvalue weighted by molar-refractivity contribution is 6.32. The molecule has 1 amide bonds. The fourth-order valence-corrected chi connectivity index (χ4v) is 3.87. The molecule has 0 saturated carbocycles. The number of nitrogens with zero attached hydrogens (tertiary/aromatic N) is 5. The fourth-order valence-electron chi connectivity index (χ4n) is 3.60. The molecule has 5 rings (SSSR count). The van der Waals surface area contributed by atoms with E-state index in [1.54, 1.807) is 35.4 Å². The molecule has 0 bridgehead atoms. The standard InChI is InChI=1S/C22H17ClN6O/c1-27-11-15(10-26-27)18-12-28(13-25-18)19-3-2-4-20-16(19)7-8-29(20)21-6-5-14(22(24)30)9-17(21)23/h2-13H,1H3,(H2,24,30). The molecular formula is C22H17ClN6O. The first-order valence-corrected chi connectivity index (χ1v) is 9.62. The first kappa shape index (κ1) is 18.2. The van der Waals surface area contributed by atoms with Crippen LogP contribution in [-0.2, 0) is 7.05 Å². The van der Waals surface area contributed by atoms with E-state index < -0.39 is 5.91 Å². The largest absolute Gasteiger partial charge is 0.366 e. The summed E-state index contributed by atoms with van der Waals surface area (Å²) >= 11 is 6.44. The van der Waals surface area contributed by atoms with Crippen molar-refractivity contribution in [3.63, 3.8) is 0 Å². The molecule has 2 aromatic carbocycles. The number of amides is 1. The van der Waals surface area contributed by atoms with Gasteiger partial charge in [0.1, 0.15) is 0 Å². The van der Waals surface area contributed by atoms with Crippen molar-refractivity contribution in [3.05, 3.63) is 84.2 Å². The zero-order valence-corrected chi connectivity index (χ0v) is 16.8. The smallest absolute Gasteiger partial charge is 0.248 e. The van der Waals surface area contributed by atoms with E-state index in [2.05, 4.69) is 10.1 Å². The van der Waals surface area contributed by atoms with Crippen LogP contribution in [0.3, 0.4) is 0 Å². The average Bonchev–Trinajstić information content (AvgIpc) is 3.46. The van der Waals surface area contributed by atoms with Crippen LogP contribution in [0.15, 0.2) is 73.6 Å². The van der Waals surface area contributed by atoms with Crippen molar-refractivity contribution in [2.75, 3.05) is 0 Å². The monoisotopic (exact) mass is 416 g/mol. The summed E-state index contributed by atoms with van der Waals surface area (Å²) in [5, 5.41) is 5.71. The molecule has 30 heavy (non-hydrogen) atoms. The van der Waals surface area contributed by atoms with Crippen molar-refractivity contribution in [1.82, 2.24) is 23.9 Å². The lowest BCUT2D eigenvalue weighted by Gasteiger charge is -2.10. The van der Waals surface area contributed by atoms with Crippen LogP contribution in [0.25, 0.3) is 33.5 Å². The third-order valence-corrected chi connectivity index (χ3v) is 5.37. The Labute approximate surface area is 176 Å². The molecule has 0 radical (unpaired) electrons. The van der Waals surface area contributed by atoms with E-state index in [1.807, 2.05) is 59.0 Å². The molecule has 0 spiro atoms. The Morgan fingerprint density at radius 2 is 1.97 bits per heavy atom. The minimum Gasteiger partial charge on any atom is -0.366 e. The van der Waals surface area contributed by atoms with Crippen molar-refractivity contribution in [3.8, 4) is 22.6 Å². The number of carbonyl (C=O) groups excluding carboxylic acids is 1. The maximum atomic E-state index is 11.4. The third kappa shape index (κ3) is 2.96. The Morgan fingerprint density at radius 1 is 1.10 bits per heavy atom. The Balaban J connectivity index is 1.60. The lowest BCUT2D eigenvalue weighted by Crippen LogP contribution is -2.11. The fraction of sp³-hybridized carbons (Fsp3) is 0.0455. The predicted molar refractivity (Wildman–Crippen MR) is 116 cm³/mol. The second kappa shape index (κ2) is 6.89. The molecule has 0 aliphatic carbocycles. The Hall–Kier alpha value is -3.84. The maximum Gasteiger partial charge on any atom is 0.248 e. The van der Waals surface area contributed by atoms with E-state index in [0.29, 0.717) is 10.6 Å². The van der Waals surface area contributed by atoms with E-state index in [9.17, 15) is 4.79 Å². The van der Waals surface area contributed by atoms with E-state index >= 15 is 0 Å². The van der Waals surface area contributed by atoms with E-state index in [-0.39, 0.29) is 0 Å². The molecule has 8 heteroatoms. The number of benzene rings is 2. The Morgan fingerprint density at radius 3 is 2.70 bits per heavy atom. The van der Waals surface area contributed by atoms with Crippen molar-refractivity contribution in [2.24, 2.45) is 12.8 Å². The number of imidazole rings is 1. The molecule has 0 aliphatic rings. The first-order chi connectivity index (χ1) is 14.5. The molecule has 7 nitrogen and oxygen atoms in total. The molecule has 0 atom stereocenters. The summed E-state index contributed by atoms with van der Waals surface area (Å²) in [5.74, 6) is -0.507. The number of aryl methyl sites for hydroxylation is 1. The van der Waals surface area contributed by atoms with Gasteiger partial charge in [0.25, 0.3) is 0 Å². The number of aromatic nitrogens is 5. The molecule has 5 aromatic rings. The molecule has 0 unspecified atom stereocenters. The van der Waals surface area contributed by atoms with Crippen molar-refractivity contribution in [2.45, 2.75) is 0 Å². The summed E-state index contributed by atoms with van der Waals surface area (Å²) in [6.07, 6.45) is 9.46. The van der Waals surface area contributed by atoms with Crippen LogP contribution in [0.5, 0.6) is 0 Å². The normalized spacial score (nSPS) is 11.3. The molecule has 0 fully saturated rings. The van der Waals surface area contributed by atoms with Gasteiger partial charge in [0.05, 0.1) is 40.1 Å². The van der Waals surface area contributed by atoms with Crippen molar-refractivity contribution in [1.29, 1.82) is 0 Å². The molecular weight excluding hydrogens is 400 g/mol. The van der Waals surface area contributed by atoms with E-state index in [4.69, 9.17) is 17.3 Å². The number of carbonyl (C=O) groups is 1. The van der Waals surface area contributed by atoms with Gasteiger partial charge in [0.2, 0.25) is 5.91 Å². The van der Waals surface area contributed by atoms with Gasteiger partial charge >= 0.3 is 0 Å². The number of hydrogen-bond acceptors (Lipinski definition) is 3. The van der Waals surface area contributed by atoms with Crippen LogP contribution in [0, 0.1) is 0 Å². The van der Waals surface area contributed by atoms with Crippen LogP contribution in [0.1, 0.15) is 10.4 Å². The number of halogens is 1. The van der Waals surface area contributed by atoms with Gasteiger partial charge in [-0.3, -0.25) is 9.48 Å². The highest BCUT2D eigenvalue weighted by Gasteiger charge is 2.13. The third-order valence-electron chi connectivity index (χ3n) is 5.06. The van der Waals surface area contributed by atoms with Gasteiger partial charge in [-0.05, 0) is 36.4 Å². The zero-order chi connectivity index (χ0) is 20.8. The number of fused-ring (bicyclic) bond motifs is 1. The van der Waals surface area contributed by atoms with Crippen molar-refractivity contribution >= 4 is 28.4 Å². The second-order valence-corrected chi connectivity index (χ2v) is 7.40. The van der Waals surface area contributed by atoms with Crippen LogP contribution in [-0.4, -0.2) is 29.8 Å². The maximum absolute atomic E-state index is 11.4. The molecule has 3 aromatic heterocycles. The number of primary amides is 1. The lowest BCUT2D eigenvalue weighted by atomic mass is 10.2. The van der Waals surface area contributed by atoms with Gasteiger partial charge in [-0.2, -0.15) is 5.10 Å². The van der Waals surface area contributed by atoms with E-state index in [0.717, 1.165) is 33.5 Å². The predicted octanol–water partition coefficient (Wildman–Crippen LogP) is 3.97. The quantitative estimate of drug-likeness (QED) is 0.481. The summed E-state index contributed by atoms with van der Waals surface area (Å²) in [6, 6.07) is 13.2. The van der Waals surface area contributed by atoms with Crippen molar-refractivity contribution < 1.29 is 4.79 Å². The SMILES string of the molecule is Cn1cc(-c2cn(-c3cccc4c3ccn4-c3ccc(C(N)=O)cc3Cl)cn2)cn1. The van der Waals surface area contributed by atoms with Gasteiger partial charge < -0.3 is 14.9 Å². The minimum absolute atomic E-state index is 0.377. The highest BCUT2D eigenvalue weighted by atomic mass is 35.5. The average molecular weight is 417 g/mol. The molecule has 3 heterocycles. The zero-order valence-electron chi connectivity index (χ0n) is 16.0. The number of hydrogen-bond donors (Lipinski definition) is 1. The molecule has 148 valence electrons.